The van der Waals surface area contributed by atoms with E-state index in [0.29, 0.717) is 0 Å². The monoisotopic (exact) mass is 142 g/mol. The Morgan fingerprint density at radius 1 is 1.60 bits per heavy atom. The van der Waals surface area contributed by atoms with Crippen LogP contribution in [0.5, 0.6) is 0 Å². The van der Waals surface area contributed by atoms with Gasteiger partial charge < -0.3 is 5.32 Å². The molecule has 1 aliphatic rings. The molecule has 0 aliphatic carbocycles. The van der Waals surface area contributed by atoms with Gasteiger partial charge in [0.25, 0.3) is 0 Å². The molecule has 1 aliphatic heterocycles. The van der Waals surface area contributed by atoms with Gasteiger partial charge in [-0.15, -0.1) is 0 Å². The first-order valence-electron chi connectivity index (χ1n) is 3.57. The van der Waals surface area contributed by atoms with Crippen LogP contribution in [0.15, 0.2) is 0 Å². The molecule has 1 amide bonds. The smallest absolute Gasteiger partial charge is 0.236 e. The summed E-state index contributed by atoms with van der Waals surface area (Å²) in [4.78, 5) is 10.9. The average Bonchev–Trinajstić information content (AvgIpc) is 1.79. The van der Waals surface area contributed by atoms with E-state index in [-0.39, 0.29) is 17.5 Å². The Kier molecular flexibility index (Phi) is 1.68. The van der Waals surface area contributed by atoms with E-state index in [1.165, 1.54) is 0 Å². The maximum atomic E-state index is 10.9. The van der Waals surface area contributed by atoms with Crippen molar-refractivity contribution in [1.82, 2.24) is 10.6 Å². The van der Waals surface area contributed by atoms with E-state index >= 15 is 0 Å². The molecule has 10 heavy (non-hydrogen) atoms. The Bertz CT molecular complexity index is 154. The van der Waals surface area contributed by atoms with Crippen molar-refractivity contribution in [3.05, 3.63) is 0 Å². The second-order valence-electron chi connectivity index (χ2n) is 3.47. The predicted molar refractivity (Wildman–Crippen MR) is 39.7 cm³/mol. The lowest BCUT2D eigenvalue weighted by Crippen LogP contribution is -2.62. The molecule has 1 heterocycles. The van der Waals surface area contributed by atoms with Gasteiger partial charge in [0.05, 0.1) is 6.04 Å². The van der Waals surface area contributed by atoms with Crippen LogP contribution in [0, 0.1) is 0 Å². The van der Waals surface area contributed by atoms with E-state index in [0.717, 1.165) is 6.54 Å². The summed E-state index contributed by atoms with van der Waals surface area (Å²) in [7, 11) is 0. The van der Waals surface area contributed by atoms with Crippen molar-refractivity contribution >= 4 is 5.91 Å². The largest absolute Gasteiger partial charge is 0.353 e. The van der Waals surface area contributed by atoms with Crippen LogP contribution in [0.25, 0.3) is 0 Å². The highest BCUT2D eigenvalue weighted by molar-refractivity contribution is 5.82. The third-order valence-corrected chi connectivity index (χ3v) is 1.71. The number of hydrogen-bond donors (Lipinski definition) is 2. The highest BCUT2D eigenvalue weighted by atomic mass is 16.2. The summed E-state index contributed by atoms with van der Waals surface area (Å²) in [6, 6.07) is -0.0521. The van der Waals surface area contributed by atoms with Crippen molar-refractivity contribution in [3.63, 3.8) is 0 Å². The van der Waals surface area contributed by atoms with Gasteiger partial charge in [-0.2, -0.15) is 0 Å². The Hall–Kier alpha value is -0.570. The van der Waals surface area contributed by atoms with E-state index < -0.39 is 0 Å². The Labute approximate surface area is 61.2 Å². The average molecular weight is 142 g/mol. The summed E-state index contributed by atoms with van der Waals surface area (Å²) in [6.07, 6.45) is 0. The number of amides is 1. The van der Waals surface area contributed by atoms with Crippen molar-refractivity contribution in [3.8, 4) is 0 Å². The van der Waals surface area contributed by atoms with Crippen LogP contribution in [0.3, 0.4) is 0 Å². The van der Waals surface area contributed by atoms with E-state index in [4.69, 9.17) is 0 Å². The Morgan fingerprint density at radius 2 is 2.20 bits per heavy atom. The normalized spacial score (nSPS) is 31.5. The van der Waals surface area contributed by atoms with Crippen molar-refractivity contribution in [2.24, 2.45) is 0 Å². The minimum Gasteiger partial charge on any atom is -0.353 e. The quantitative estimate of drug-likeness (QED) is 0.495. The lowest BCUT2D eigenvalue weighted by atomic mass is 10.0. The summed E-state index contributed by atoms with van der Waals surface area (Å²) in [5, 5.41) is 6.01. The zero-order valence-electron chi connectivity index (χ0n) is 6.69. The van der Waals surface area contributed by atoms with Gasteiger partial charge in [-0.1, -0.05) is 0 Å². The first-order chi connectivity index (χ1) is 4.51. The molecular weight excluding hydrogens is 128 g/mol. The predicted octanol–water partition coefficient (Wildman–Crippen LogP) is -0.127. The van der Waals surface area contributed by atoms with Crippen molar-refractivity contribution in [2.75, 3.05) is 6.54 Å². The topological polar surface area (TPSA) is 41.1 Å². The third kappa shape index (κ3) is 1.48. The SMILES string of the molecule is C[C@H]1NC(C)(C)CNC1=O. The Morgan fingerprint density at radius 3 is 2.60 bits per heavy atom. The van der Waals surface area contributed by atoms with E-state index in [1.54, 1.807) is 0 Å². The number of piperazine rings is 1. The van der Waals surface area contributed by atoms with Crippen LogP contribution < -0.4 is 10.6 Å². The van der Waals surface area contributed by atoms with Crippen molar-refractivity contribution < 1.29 is 4.79 Å². The standard InChI is InChI=1S/C7H14N2O/c1-5-6(10)8-4-7(2,3)9-5/h5,9H,4H2,1-3H3,(H,8,10)/t5-/m1/s1. The molecule has 1 rings (SSSR count). The van der Waals surface area contributed by atoms with Gasteiger partial charge in [0.15, 0.2) is 0 Å². The van der Waals surface area contributed by atoms with E-state index in [2.05, 4.69) is 24.5 Å². The first-order valence-corrected chi connectivity index (χ1v) is 3.57. The number of carbonyl (C=O) groups is 1. The third-order valence-electron chi connectivity index (χ3n) is 1.71. The summed E-state index contributed by atoms with van der Waals surface area (Å²) in [5.74, 6) is 0.0966. The highest BCUT2D eigenvalue weighted by Gasteiger charge is 2.28. The van der Waals surface area contributed by atoms with E-state index in [1.807, 2.05) is 6.92 Å². The van der Waals surface area contributed by atoms with Gasteiger partial charge in [-0.3, -0.25) is 10.1 Å². The van der Waals surface area contributed by atoms with Gasteiger partial charge >= 0.3 is 0 Å². The second-order valence-corrected chi connectivity index (χ2v) is 3.47. The maximum Gasteiger partial charge on any atom is 0.236 e. The van der Waals surface area contributed by atoms with Crippen molar-refractivity contribution in [1.29, 1.82) is 0 Å². The molecule has 0 bridgehead atoms. The van der Waals surface area contributed by atoms with Crippen LogP contribution in [0.2, 0.25) is 0 Å². The molecule has 0 aromatic rings. The van der Waals surface area contributed by atoms with Crippen LogP contribution in [-0.4, -0.2) is 24.0 Å². The van der Waals surface area contributed by atoms with Crippen molar-refractivity contribution in [2.45, 2.75) is 32.4 Å². The molecule has 0 radical (unpaired) electrons. The maximum absolute atomic E-state index is 10.9. The molecule has 3 nitrogen and oxygen atoms in total. The summed E-state index contributed by atoms with van der Waals surface area (Å²) >= 11 is 0. The van der Waals surface area contributed by atoms with Crippen LogP contribution in [0.1, 0.15) is 20.8 Å². The summed E-state index contributed by atoms with van der Waals surface area (Å²) < 4.78 is 0. The minimum absolute atomic E-state index is 0.0489. The summed E-state index contributed by atoms with van der Waals surface area (Å²) in [6.45, 7) is 6.73. The van der Waals surface area contributed by atoms with Gasteiger partial charge in [-0.05, 0) is 20.8 Å². The van der Waals surface area contributed by atoms with Crippen LogP contribution in [0.4, 0.5) is 0 Å². The number of hydrogen-bond acceptors (Lipinski definition) is 2. The molecule has 58 valence electrons. The van der Waals surface area contributed by atoms with Gasteiger partial charge in [0.2, 0.25) is 5.91 Å². The lowest BCUT2D eigenvalue weighted by Gasteiger charge is -2.35. The zero-order chi connectivity index (χ0) is 7.78. The fourth-order valence-electron chi connectivity index (χ4n) is 1.16. The Balaban J connectivity index is 2.57. The molecular formula is C7H14N2O. The molecule has 0 saturated carbocycles. The molecule has 0 aromatic heterocycles. The summed E-state index contributed by atoms with van der Waals surface area (Å²) in [5.41, 5.74) is 0.0489. The minimum atomic E-state index is -0.0521. The highest BCUT2D eigenvalue weighted by Crippen LogP contribution is 2.06. The van der Waals surface area contributed by atoms with Gasteiger partial charge in [0, 0.05) is 12.1 Å². The zero-order valence-corrected chi connectivity index (χ0v) is 6.69. The molecule has 3 heteroatoms. The lowest BCUT2D eigenvalue weighted by molar-refractivity contribution is -0.125. The molecule has 1 fully saturated rings. The number of nitrogens with one attached hydrogen (secondary N) is 2. The fraction of sp³-hybridized carbons (Fsp3) is 0.857. The molecule has 0 spiro atoms. The number of rotatable bonds is 0. The van der Waals surface area contributed by atoms with Gasteiger partial charge in [0.1, 0.15) is 0 Å². The van der Waals surface area contributed by atoms with Gasteiger partial charge in [-0.25, -0.2) is 0 Å². The molecule has 1 saturated heterocycles. The van der Waals surface area contributed by atoms with E-state index in [9.17, 15) is 4.79 Å². The van der Waals surface area contributed by atoms with Crippen LogP contribution >= 0.6 is 0 Å². The number of carbonyl (C=O) groups excluding carboxylic acids is 1. The fourth-order valence-corrected chi connectivity index (χ4v) is 1.16. The van der Waals surface area contributed by atoms with Crippen LogP contribution in [-0.2, 0) is 4.79 Å². The molecule has 1 atom stereocenters. The molecule has 0 unspecified atom stereocenters. The first kappa shape index (κ1) is 7.54. The molecule has 2 N–H and O–H groups in total. The molecule has 0 aromatic carbocycles. The second kappa shape index (κ2) is 2.23.